The van der Waals surface area contributed by atoms with Crippen molar-refractivity contribution in [2.24, 2.45) is 5.92 Å². The Labute approximate surface area is 63.2 Å². The normalized spacial score (nSPS) is 12.8. The molecule has 2 heteroatoms. The third-order valence-electron chi connectivity index (χ3n) is 1.72. The molecule has 0 rings (SSSR count). The van der Waals surface area contributed by atoms with E-state index in [0.717, 1.165) is 6.42 Å². The van der Waals surface area contributed by atoms with Crippen LogP contribution in [0, 0.1) is 5.92 Å². The summed E-state index contributed by atoms with van der Waals surface area (Å²) in [5, 5.41) is 0. The van der Waals surface area contributed by atoms with Gasteiger partial charge in [-0.25, -0.2) is 0 Å². The van der Waals surface area contributed by atoms with Gasteiger partial charge in [-0.1, -0.05) is 20.3 Å². The fraction of sp³-hybridized carbons (Fsp3) is 0.875. The van der Waals surface area contributed by atoms with Gasteiger partial charge in [0.1, 0.15) is 0 Å². The average Bonchev–Trinajstić information content (AvgIpc) is 1.87. The summed E-state index contributed by atoms with van der Waals surface area (Å²) in [6.07, 6.45) is 1.77. The Bertz CT molecular complexity index is 110. The summed E-state index contributed by atoms with van der Waals surface area (Å²) in [6, 6.07) is 0. The molecule has 0 aliphatic carbocycles. The van der Waals surface area contributed by atoms with E-state index < -0.39 is 0 Å². The largest absolute Gasteiger partial charge is 0.349 e. The SMILES string of the molecule is CC[C@H](C)CC(=O)N(C)C. The Balaban J connectivity index is 3.57. The van der Waals surface area contributed by atoms with Gasteiger partial charge in [0.05, 0.1) is 0 Å². The van der Waals surface area contributed by atoms with Crippen molar-refractivity contribution in [1.82, 2.24) is 4.90 Å². The van der Waals surface area contributed by atoms with Crippen LogP contribution in [-0.2, 0) is 4.79 Å². The maximum atomic E-state index is 11.0. The molecule has 1 amide bonds. The number of hydrogen-bond acceptors (Lipinski definition) is 1. The monoisotopic (exact) mass is 143 g/mol. The molecule has 0 aromatic heterocycles. The van der Waals surface area contributed by atoms with E-state index in [2.05, 4.69) is 13.8 Å². The maximum absolute atomic E-state index is 11.0. The van der Waals surface area contributed by atoms with Crippen molar-refractivity contribution < 1.29 is 4.79 Å². The van der Waals surface area contributed by atoms with Crippen LogP contribution in [0.4, 0.5) is 0 Å². The number of nitrogens with zero attached hydrogens (tertiary/aromatic N) is 1. The second-order valence-corrected chi connectivity index (χ2v) is 3.01. The minimum Gasteiger partial charge on any atom is -0.349 e. The molecule has 0 bridgehead atoms. The molecule has 0 heterocycles. The quantitative estimate of drug-likeness (QED) is 0.586. The number of amides is 1. The first-order valence-electron chi connectivity index (χ1n) is 3.78. The standard InChI is InChI=1S/C8H17NO/c1-5-7(2)6-8(10)9(3)4/h7H,5-6H2,1-4H3/t7-/m0/s1. The van der Waals surface area contributed by atoms with Gasteiger partial charge in [-0.3, -0.25) is 4.79 Å². The summed E-state index contributed by atoms with van der Waals surface area (Å²) in [5.74, 6) is 0.754. The Hall–Kier alpha value is -0.530. The molecule has 0 aliphatic heterocycles. The van der Waals surface area contributed by atoms with E-state index in [-0.39, 0.29) is 5.91 Å². The smallest absolute Gasteiger partial charge is 0.222 e. The van der Waals surface area contributed by atoms with E-state index in [1.165, 1.54) is 0 Å². The number of hydrogen-bond donors (Lipinski definition) is 0. The predicted octanol–water partition coefficient (Wildman–Crippen LogP) is 1.51. The van der Waals surface area contributed by atoms with Gasteiger partial charge in [-0.2, -0.15) is 0 Å². The molecule has 10 heavy (non-hydrogen) atoms. The van der Waals surface area contributed by atoms with Crippen molar-refractivity contribution >= 4 is 5.91 Å². The number of rotatable bonds is 3. The van der Waals surface area contributed by atoms with Crippen LogP contribution in [0.1, 0.15) is 26.7 Å². The lowest BCUT2D eigenvalue weighted by Crippen LogP contribution is -2.23. The molecule has 1 atom stereocenters. The van der Waals surface area contributed by atoms with Crippen molar-refractivity contribution in [2.75, 3.05) is 14.1 Å². The summed E-state index contributed by atoms with van der Waals surface area (Å²) in [6.45, 7) is 4.20. The van der Waals surface area contributed by atoms with E-state index in [0.29, 0.717) is 12.3 Å². The van der Waals surface area contributed by atoms with Gasteiger partial charge in [0.2, 0.25) is 5.91 Å². The highest BCUT2D eigenvalue weighted by Crippen LogP contribution is 2.06. The molecule has 0 aromatic rings. The first-order chi connectivity index (χ1) is 4.57. The third kappa shape index (κ3) is 3.49. The zero-order chi connectivity index (χ0) is 8.15. The van der Waals surface area contributed by atoms with Gasteiger partial charge < -0.3 is 4.90 Å². The third-order valence-corrected chi connectivity index (χ3v) is 1.72. The van der Waals surface area contributed by atoms with Crippen LogP contribution >= 0.6 is 0 Å². The van der Waals surface area contributed by atoms with Crippen LogP contribution in [0.25, 0.3) is 0 Å². The fourth-order valence-electron chi connectivity index (χ4n) is 0.625. The zero-order valence-corrected chi connectivity index (χ0v) is 7.35. The highest BCUT2D eigenvalue weighted by molar-refractivity contribution is 5.75. The molecule has 60 valence electrons. The van der Waals surface area contributed by atoms with E-state index in [9.17, 15) is 4.79 Å². The summed E-state index contributed by atoms with van der Waals surface area (Å²) in [5.41, 5.74) is 0. The highest BCUT2D eigenvalue weighted by Gasteiger charge is 2.07. The molecule has 0 saturated heterocycles. The number of carbonyl (C=O) groups excluding carboxylic acids is 1. The second kappa shape index (κ2) is 4.31. The lowest BCUT2D eigenvalue weighted by molar-refractivity contribution is -0.129. The maximum Gasteiger partial charge on any atom is 0.222 e. The van der Waals surface area contributed by atoms with Gasteiger partial charge in [-0.05, 0) is 5.92 Å². The van der Waals surface area contributed by atoms with E-state index in [4.69, 9.17) is 0 Å². The molecule has 2 nitrogen and oxygen atoms in total. The van der Waals surface area contributed by atoms with Gasteiger partial charge in [0, 0.05) is 20.5 Å². The van der Waals surface area contributed by atoms with Crippen molar-refractivity contribution in [3.05, 3.63) is 0 Å². The molecule has 0 saturated carbocycles. The molecule has 0 aliphatic rings. The van der Waals surface area contributed by atoms with Crippen molar-refractivity contribution in [3.63, 3.8) is 0 Å². The molecule has 0 radical (unpaired) electrons. The zero-order valence-electron chi connectivity index (χ0n) is 7.35. The average molecular weight is 143 g/mol. The van der Waals surface area contributed by atoms with Gasteiger partial charge >= 0.3 is 0 Å². The number of carbonyl (C=O) groups is 1. The molecule has 0 fully saturated rings. The van der Waals surface area contributed by atoms with Crippen LogP contribution in [0.5, 0.6) is 0 Å². The van der Waals surface area contributed by atoms with Gasteiger partial charge in [-0.15, -0.1) is 0 Å². The Morgan fingerprint density at radius 3 is 2.30 bits per heavy atom. The first-order valence-corrected chi connectivity index (χ1v) is 3.78. The van der Waals surface area contributed by atoms with Crippen LogP contribution in [-0.4, -0.2) is 24.9 Å². The van der Waals surface area contributed by atoms with Crippen LogP contribution in [0.3, 0.4) is 0 Å². The lowest BCUT2D eigenvalue weighted by Gasteiger charge is -2.12. The molecular weight excluding hydrogens is 126 g/mol. The van der Waals surface area contributed by atoms with Gasteiger partial charge in [0.15, 0.2) is 0 Å². The summed E-state index contributed by atoms with van der Waals surface area (Å²) in [7, 11) is 3.59. The van der Waals surface area contributed by atoms with Crippen LogP contribution < -0.4 is 0 Å². The predicted molar refractivity (Wildman–Crippen MR) is 42.8 cm³/mol. The van der Waals surface area contributed by atoms with Crippen molar-refractivity contribution in [3.8, 4) is 0 Å². The van der Waals surface area contributed by atoms with E-state index >= 15 is 0 Å². The van der Waals surface area contributed by atoms with E-state index in [1.54, 1.807) is 19.0 Å². The van der Waals surface area contributed by atoms with Crippen LogP contribution in [0.15, 0.2) is 0 Å². The minimum absolute atomic E-state index is 0.231. The van der Waals surface area contributed by atoms with Crippen molar-refractivity contribution in [2.45, 2.75) is 26.7 Å². The molecule has 0 spiro atoms. The Morgan fingerprint density at radius 2 is 2.00 bits per heavy atom. The highest BCUT2D eigenvalue weighted by atomic mass is 16.2. The molecule has 0 N–H and O–H groups in total. The Morgan fingerprint density at radius 1 is 1.50 bits per heavy atom. The molecule has 0 aromatic carbocycles. The lowest BCUT2D eigenvalue weighted by atomic mass is 10.1. The first kappa shape index (κ1) is 9.47. The van der Waals surface area contributed by atoms with E-state index in [1.807, 2.05) is 0 Å². The molecule has 0 unspecified atom stereocenters. The second-order valence-electron chi connectivity index (χ2n) is 3.01. The summed E-state index contributed by atoms with van der Waals surface area (Å²) in [4.78, 5) is 12.7. The molecular formula is C8H17NO. The van der Waals surface area contributed by atoms with Crippen molar-refractivity contribution in [1.29, 1.82) is 0 Å². The van der Waals surface area contributed by atoms with Gasteiger partial charge in [0.25, 0.3) is 0 Å². The summed E-state index contributed by atoms with van der Waals surface area (Å²) < 4.78 is 0. The fourth-order valence-corrected chi connectivity index (χ4v) is 0.625. The Kier molecular flexibility index (Phi) is 4.08. The summed E-state index contributed by atoms with van der Waals surface area (Å²) >= 11 is 0. The topological polar surface area (TPSA) is 20.3 Å². The minimum atomic E-state index is 0.231. The van der Waals surface area contributed by atoms with Crippen LogP contribution in [0.2, 0.25) is 0 Å².